The molecule has 1 fully saturated rings. The Kier molecular flexibility index (Phi) is 5.06. The fourth-order valence-electron chi connectivity index (χ4n) is 2.70. The van der Waals surface area contributed by atoms with Gasteiger partial charge in [0.25, 0.3) is 5.91 Å². The number of rotatable bonds is 2. The molecule has 0 aliphatic carbocycles. The van der Waals surface area contributed by atoms with Crippen LogP contribution in [0, 0.1) is 0 Å². The van der Waals surface area contributed by atoms with Crippen LogP contribution in [0.5, 0.6) is 0 Å². The van der Waals surface area contributed by atoms with Gasteiger partial charge in [-0.1, -0.05) is 23.7 Å². The summed E-state index contributed by atoms with van der Waals surface area (Å²) >= 11 is 7.00. The molecule has 1 N–H and O–H groups in total. The van der Waals surface area contributed by atoms with Crippen LogP contribution in [-0.4, -0.2) is 16.1 Å². The van der Waals surface area contributed by atoms with Crippen molar-refractivity contribution in [2.75, 3.05) is 0 Å². The van der Waals surface area contributed by atoms with Crippen molar-refractivity contribution in [3.63, 3.8) is 0 Å². The van der Waals surface area contributed by atoms with Gasteiger partial charge in [0, 0.05) is 11.6 Å². The summed E-state index contributed by atoms with van der Waals surface area (Å²) in [6, 6.07) is 12.2. The van der Waals surface area contributed by atoms with Crippen LogP contribution in [0.15, 0.2) is 64.6 Å². The summed E-state index contributed by atoms with van der Waals surface area (Å²) in [5.74, 6) is -0.386. The van der Waals surface area contributed by atoms with E-state index in [4.69, 9.17) is 11.6 Å². The molecular weight excluding hydrogens is 423 g/mol. The second kappa shape index (κ2) is 7.53. The zero-order valence-corrected chi connectivity index (χ0v) is 16.1. The zero-order valence-electron chi connectivity index (χ0n) is 14.5. The van der Waals surface area contributed by atoms with Gasteiger partial charge in [-0.25, -0.2) is 4.99 Å². The minimum atomic E-state index is -4.51. The van der Waals surface area contributed by atoms with E-state index in [1.807, 2.05) is 30.3 Å². The van der Waals surface area contributed by atoms with Gasteiger partial charge >= 0.3 is 6.18 Å². The van der Waals surface area contributed by atoms with Crippen molar-refractivity contribution in [1.29, 1.82) is 0 Å². The van der Waals surface area contributed by atoms with Crippen LogP contribution < -0.4 is 5.32 Å². The van der Waals surface area contributed by atoms with Gasteiger partial charge in [-0.3, -0.25) is 9.78 Å². The molecular formula is C20H11ClF3N3OS. The normalized spacial score (nSPS) is 17.3. The molecule has 4 nitrogen and oxygen atoms in total. The minimum Gasteiger partial charge on any atom is -0.300 e. The van der Waals surface area contributed by atoms with Crippen LogP contribution in [0.25, 0.3) is 17.0 Å². The molecule has 3 aromatic rings. The maximum absolute atomic E-state index is 12.9. The van der Waals surface area contributed by atoms with E-state index in [1.165, 1.54) is 0 Å². The predicted molar refractivity (Wildman–Crippen MR) is 109 cm³/mol. The molecule has 146 valence electrons. The van der Waals surface area contributed by atoms with Crippen molar-refractivity contribution in [2.24, 2.45) is 4.99 Å². The van der Waals surface area contributed by atoms with Gasteiger partial charge in [0.2, 0.25) is 0 Å². The monoisotopic (exact) mass is 433 g/mol. The second-order valence-corrected chi connectivity index (χ2v) is 7.54. The molecule has 1 aromatic heterocycles. The lowest BCUT2D eigenvalue weighted by atomic mass is 10.1. The number of carbonyl (C=O) groups excluding carboxylic acids is 1. The summed E-state index contributed by atoms with van der Waals surface area (Å²) in [6.07, 6.45) is -1.13. The van der Waals surface area contributed by atoms with Gasteiger partial charge in [-0.05, 0) is 59.8 Å². The number of thioether (sulfide) groups is 1. The fraction of sp³-hybridized carbons (Fsp3) is 0.0500. The first-order chi connectivity index (χ1) is 13.8. The Morgan fingerprint density at radius 3 is 2.76 bits per heavy atom. The highest BCUT2D eigenvalue weighted by molar-refractivity contribution is 8.18. The third-order valence-corrected chi connectivity index (χ3v) is 5.30. The van der Waals surface area contributed by atoms with E-state index in [-0.39, 0.29) is 21.8 Å². The summed E-state index contributed by atoms with van der Waals surface area (Å²) in [5.41, 5.74) is 0.694. The van der Waals surface area contributed by atoms with E-state index in [0.29, 0.717) is 4.91 Å². The molecule has 9 heteroatoms. The van der Waals surface area contributed by atoms with E-state index in [1.54, 1.807) is 12.3 Å². The first-order valence-corrected chi connectivity index (χ1v) is 9.50. The molecule has 0 radical (unpaired) electrons. The van der Waals surface area contributed by atoms with Crippen LogP contribution in [0.1, 0.15) is 11.1 Å². The number of amides is 1. The maximum Gasteiger partial charge on any atom is 0.416 e. The van der Waals surface area contributed by atoms with Crippen LogP contribution >= 0.6 is 23.4 Å². The lowest BCUT2D eigenvalue weighted by Crippen LogP contribution is -2.19. The van der Waals surface area contributed by atoms with Crippen molar-refractivity contribution in [2.45, 2.75) is 6.18 Å². The number of hydrogen-bond acceptors (Lipinski definition) is 4. The number of benzene rings is 2. The molecule has 1 aliphatic rings. The molecule has 1 aliphatic heterocycles. The number of fused-ring (bicyclic) bond motifs is 1. The van der Waals surface area contributed by atoms with Crippen molar-refractivity contribution < 1.29 is 18.0 Å². The molecule has 0 unspecified atom stereocenters. The van der Waals surface area contributed by atoms with Crippen molar-refractivity contribution >= 4 is 57.1 Å². The van der Waals surface area contributed by atoms with E-state index in [9.17, 15) is 18.0 Å². The third kappa shape index (κ3) is 4.28. The molecule has 2 aromatic carbocycles. The van der Waals surface area contributed by atoms with Gasteiger partial charge < -0.3 is 5.32 Å². The number of halogens is 4. The first-order valence-electron chi connectivity index (χ1n) is 8.31. The quantitative estimate of drug-likeness (QED) is 0.520. The van der Waals surface area contributed by atoms with Gasteiger partial charge in [-0.15, -0.1) is 0 Å². The number of aliphatic imine (C=N–C) groups is 1. The lowest BCUT2D eigenvalue weighted by molar-refractivity contribution is -0.137. The standard InChI is InChI=1S/C20H11ClF3N3OS/c21-14-5-4-13(20(22,23)24)10-16(14)26-19-27-18(28)17(29-19)9-11-3-6-15-12(8-11)2-1-7-25-15/h1-10H,(H,26,27,28)/b17-9+. The molecule has 1 amide bonds. The minimum absolute atomic E-state index is 0.0554. The molecule has 0 atom stereocenters. The summed E-state index contributed by atoms with van der Waals surface area (Å²) in [4.78, 5) is 21.0. The van der Waals surface area contributed by atoms with Crippen molar-refractivity contribution in [1.82, 2.24) is 10.3 Å². The van der Waals surface area contributed by atoms with E-state index in [0.717, 1.165) is 46.4 Å². The average Bonchev–Trinajstić information content (AvgIpc) is 3.01. The van der Waals surface area contributed by atoms with Crippen LogP contribution in [0.4, 0.5) is 18.9 Å². The number of nitrogens with zero attached hydrogens (tertiary/aromatic N) is 2. The summed E-state index contributed by atoms with van der Waals surface area (Å²) in [6.45, 7) is 0. The van der Waals surface area contributed by atoms with Gasteiger partial charge in [0.15, 0.2) is 5.17 Å². The molecule has 4 rings (SSSR count). The number of pyridine rings is 1. The van der Waals surface area contributed by atoms with E-state index in [2.05, 4.69) is 15.3 Å². The Morgan fingerprint density at radius 1 is 1.14 bits per heavy atom. The van der Waals surface area contributed by atoms with Crippen molar-refractivity contribution in [3.8, 4) is 0 Å². The smallest absolute Gasteiger partial charge is 0.300 e. The Bertz CT molecular complexity index is 1190. The second-order valence-electron chi connectivity index (χ2n) is 6.10. The van der Waals surface area contributed by atoms with Crippen LogP contribution in [-0.2, 0) is 11.0 Å². The average molecular weight is 434 g/mol. The zero-order chi connectivity index (χ0) is 20.6. The highest BCUT2D eigenvalue weighted by Gasteiger charge is 2.31. The SMILES string of the molecule is O=C1NC(=Nc2cc(C(F)(F)F)ccc2Cl)S/C1=C/c1ccc2ncccc2c1. The molecule has 0 saturated carbocycles. The number of carbonyl (C=O) groups is 1. The van der Waals surface area contributed by atoms with Gasteiger partial charge in [-0.2, -0.15) is 13.2 Å². The fourth-order valence-corrected chi connectivity index (χ4v) is 3.69. The van der Waals surface area contributed by atoms with Crippen LogP contribution in [0.3, 0.4) is 0 Å². The molecule has 29 heavy (non-hydrogen) atoms. The Labute approximate surface area is 172 Å². The molecule has 0 spiro atoms. The third-order valence-electron chi connectivity index (χ3n) is 4.07. The Morgan fingerprint density at radius 2 is 1.97 bits per heavy atom. The molecule has 0 bridgehead atoms. The van der Waals surface area contributed by atoms with Gasteiger partial charge in [0.05, 0.1) is 26.7 Å². The summed E-state index contributed by atoms with van der Waals surface area (Å²) in [5, 5.41) is 3.69. The van der Waals surface area contributed by atoms with Crippen molar-refractivity contribution in [3.05, 3.63) is 75.8 Å². The maximum atomic E-state index is 12.9. The predicted octanol–water partition coefficient (Wildman–Crippen LogP) is 5.80. The summed E-state index contributed by atoms with van der Waals surface area (Å²) < 4.78 is 38.7. The highest BCUT2D eigenvalue weighted by atomic mass is 35.5. The lowest BCUT2D eigenvalue weighted by Gasteiger charge is -2.08. The Balaban J connectivity index is 1.63. The van der Waals surface area contributed by atoms with Gasteiger partial charge in [0.1, 0.15) is 0 Å². The first kappa shape index (κ1) is 19.5. The number of hydrogen-bond donors (Lipinski definition) is 1. The molecule has 1 saturated heterocycles. The number of amidine groups is 1. The number of nitrogens with one attached hydrogen (secondary N) is 1. The topological polar surface area (TPSA) is 54.4 Å². The molecule has 2 heterocycles. The highest BCUT2D eigenvalue weighted by Crippen LogP contribution is 2.36. The largest absolute Gasteiger partial charge is 0.416 e. The van der Waals surface area contributed by atoms with E-state index < -0.39 is 11.7 Å². The number of alkyl halides is 3. The number of aromatic nitrogens is 1. The Hall–Kier alpha value is -2.84. The van der Waals surface area contributed by atoms with Crippen LogP contribution in [0.2, 0.25) is 5.02 Å². The summed E-state index contributed by atoms with van der Waals surface area (Å²) in [7, 11) is 0. The van der Waals surface area contributed by atoms with E-state index >= 15 is 0 Å².